The van der Waals surface area contributed by atoms with Crippen molar-refractivity contribution < 1.29 is 14.9 Å². The molecule has 1 unspecified atom stereocenters. The Morgan fingerprint density at radius 3 is 2.90 bits per heavy atom. The van der Waals surface area contributed by atoms with Crippen LogP contribution in [0.2, 0.25) is 0 Å². The van der Waals surface area contributed by atoms with Crippen LogP contribution in [0.1, 0.15) is 18.2 Å². The maximum Gasteiger partial charge on any atom is 0.183 e. The summed E-state index contributed by atoms with van der Waals surface area (Å²) in [5, 5.41) is 20.9. The molecule has 0 aliphatic carbocycles. The quantitative estimate of drug-likeness (QED) is 0.832. The van der Waals surface area contributed by atoms with Crippen molar-refractivity contribution >= 4 is 23.0 Å². The van der Waals surface area contributed by atoms with Crippen LogP contribution >= 0.6 is 12.2 Å². The lowest BCUT2D eigenvalue weighted by Gasteiger charge is -2.17. The van der Waals surface area contributed by atoms with Crippen molar-refractivity contribution in [1.29, 1.82) is 0 Å². The first-order valence-electron chi connectivity index (χ1n) is 6.40. The maximum atomic E-state index is 9.71. The third-order valence-corrected chi connectivity index (χ3v) is 3.94. The molecule has 0 amide bonds. The van der Waals surface area contributed by atoms with E-state index in [-0.39, 0.29) is 18.1 Å². The van der Waals surface area contributed by atoms with Crippen molar-refractivity contribution in [1.82, 2.24) is 4.57 Å². The van der Waals surface area contributed by atoms with Gasteiger partial charge < -0.3 is 19.5 Å². The summed E-state index contributed by atoms with van der Waals surface area (Å²) in [6.07, 6.45) is 1.79. The van der Waals surface area contributed by atoms with E-state index in [1.165, 1.54) is 5.56 Å². The summed E-state index contributed by atoms with van der Waals surface area (Å²) in [4.78, 5) is 0. The van der Waals surface area contributed by atoms with Crippen LogP contribution in [0.4, 0.5) is 0 Å². The molecule has 104 valence electrons. The Bertz CT molecular complexity index is 763. The number of aryl methyl sites for hydroxylation is 1. The number of hydrogen-bond donors (Lipinski definition) is 2. The summed E-state index contributed by atoms with van der Waals surface area (Å²) in [5.74, 6) is 0.310. The maximum absolute atomic E-state index is 9.71. The first-order chi connectivity index (χ1) is 9.60. The van der Waals surface area contributed by atoms with Gasteiger partial charge in [0.2, 0.25) is 0 Å². The van der Waals surface area contributed by atoms with Gasteiger partial charge in [-0.1, -0.05) is 36.0 Å². The minimum absolute atomic E-state index is 0.0865. The number of rotatable bonds is 2. The second-order valence-electron chi connectivity index (χ2n) is 4.92. The monoisotopic (exact) mass is 289 g/mol. The first-order valence-corrected chi connectivity index (χ1v) is 6.81. The molecule has 4 nitrogen and oxygen atoms in total. The molecule has 3 rings (SSSR count). The van der Waals surface area contributed by atoms with E-state index in [2.05, 4.69) is 6.07 Å². The molecule has 1 aliphatic heterocycles. The van der Waals surface area contributed by atoms with E-state index < -0.39 is 6.23 Å². The molecule has 2 aromatic rings. The lowest BCUT2D eigenvalue weighted by molar-refractivity contribution is 0.0620. The number of nitrogens with zero attached hydrogens (tertiary/aromatic N) is 1. The van der Waals surface area contributed by atoms with Gasteiger partial charge in [-0.2, -0.15) is 0 Å². The van der Waals surface area contributed by atoms with Gasteiger partial charge >= 0.3 is 0 Å². The summed E-state index contributed by atoms with van der Waals surface area (Å²) >= 11 is 5.51. The molecule has 2 N–H and O–H groups in total. The van der Waals surface area contributed by atoms with Crippen molar-refractivity contribution in [3.63, 3.8) is 0 Å². The number of aliphatic hydroxyl groups excluding tert-OH is 2. The molecule has 0 spiro atoms. The third kappa shape index (κ3) is 2.09. The van der Waals surface area contributed by atoms with Gasteiger partial charge in [-0.15, -0.1) is 0 Å². The fourth-order valence-electron chi connectivity index (χ4n) is 2.45. The Balaban J connectivity index is 2.05. The average Bonchev–Trinajstić information content (AvgIpc) is 2.80. The fraction of sp³-hybridized carbons (Fsp3) is 0.267. The minimum Gasteiger partial charge on any atom is -0.508 e. The Labute approximate surface area is 121 Å². The fourth-order valence-corrected chi connectivity index (χ4v) is 2.81. The lowest BCUT2D eigenvalue weighted by Crippen LogP contribution is -2.10. The molecule has 1 aromatic heterocycles. The van der Waals surface area contributed by atoms with E-state index in [0.29, 0.717) is 11.1 Å². The molecule has 1 atom stereocenters. The van der Waals surface area contributed by atoms with Crippen LogP contribution in [-0.2, 0) is 4.74 Å². The number of hydrogen-bond acceptors (Lipinski definition) is 4. The number of pyridine rings is 1. The Morgan fingerprint density at radius 1 is 1.40 bits per heavy atom. The molecule has 0 fully saturated rings. The van der Waals surface area contributed by atoms with Crippen molar-refractivity contribution in [2.45, 2.75) is 19.6 Å². The van der Waals surface area contributed by atoms with Crippen LogP contribution < -0.4 is 0 Å². The molecule has 0 radical (unpaired) electrons. The number of aliphatic hydroxyl groups is 2. The second kappa shape index (κ2) is 4.92. The zero-order chi connectivity index (χ0) is 14.3. The Kier molecular flexibility index (Phi) is 3.23. The second-order valence-corrected chi connectivity index (χ2v) is 5.31. The van der Waals surface area contributed by atoms with E-state index in [4.69, 9.17) is 22.1 Å². The van der Waals surface area contributed by atoms with Crippen LogP contribution in [-0.4, -0.2) is 21.4 Å². The average molecular weight is 289 g/mol. The molecule has 2 heterocycles. The number of benzene rings is 1. The molecule has 1 aromatic carbocycles. The van der Waals surface area contributed by atoms with Crippen LogP contribution in [0.3, 0.4) is 0 Å². The van der Waals surface area contributed by atoms with Gasteiger partial charge in [-0.05, 0) is 18.4 Å². The highest BCUT2D eigenvalue weighted by Gasteiger charge is 2.26. The zero-order valence-electron chi connectivity index (χ0n) is 11.0. The third-order valence-electron chi connectivity index (χ3n) is 3.51. The normalized spacial score (nSPS) is 18.6. The van der Waals surface area contributed by atoms with E-state index in [1.807, 2.05) is 35.9 Å². The van der Waals surface area contributed by atoms with Crippen LogP contribution in [0.25, 0.3) is 10.8 Å². The van der Waals surface area contributed by atoms with E-state index in [9.17, 15) is 5.11 Å². The van der Waals surface area contributed by atoms with Crippen LogP contribution in [0.5, 0.6) is 0 Å². The highest BCUT2D eigenvalue weighted by atomic mass is 32.1. The van der Waals surface area contributed by atoms with Gasteiger partial charge in [-0.3, -0.25) is 0 Å². The summed E-state index contributed by atoms with van der Waals surface area (Å²) in [6, 6.07) is 8.08. The van der Waals surface area contributed by atoms with Gasteiger partial charge in [0.25, 0.3) is 0 Å². The van der Waals surface area contributed by atoms with Gasteiger partial charge in [0, 0.05) is 11.6 Å². The number of ether oxygens (including phenoxy) is 1. The Hall–Kier alpha value is -1.85. The minimum atomic E-state index is -0.393. The van der Waals surface area contributed by atoms with Gasteiger partial charge in [0.05, 0.1) is 6.42 Å². The molecule has 0 bridgehead atoms. The van der Waals surface area contributed by atoms with Crippen molar-refractivity contribution in [3.05, 3.63) is 52.2 Å². The molecular weight excluding hydrogens is 274 g/mol. The summed E-state index contributed by atoms with van der Waals surface area (Å²) in [7, 11) is 0. The van der Waals surface area contributed by atoms with E-state index in [1.54, 1.807) is 0 Å². The standard InChI is InChI=1S/C15H15NO3S/c1-9-2-3-11-10(6-9)4-5-16(15(11)20)14-7-12(18)13(8-17)19-14/h2-6,14,17-18H,7-8H2,1H3. The molecule has 0 saturated carbocycles. The molecule has 1 aliphatic rings. The highest BCUT2D eigenvalue weighted by molar-refractivity contribution is 7.71. The van der Waals surface area contributed by atoms with Gasteiger partial charge in [-0.25, -0.2) is 0 Å². The molecular formula is C15H15NO3S. The van der Waals surface area contributed by atoms with Gasteiger partial charge in [0.15, 0.2) is 12.0 Å². The highest BCUT2D eigenvalue weighted by Crippen LogP contribution is 2.32. The summed E-state index contributed by atoms with van der Waals surface area (Å²) in [6.45, 7) is 1.74. The predicted octanol–water partition coefficient (Wildman–Crippen LogP) is 3.36. The van der Waals surface area contributed by atoms with Gasteiger partial charge in [0.1, 0.15) is 17.0 Å². The lowest BCUT2D eigenvalue weighted by atomic mass is 10.1. The first kappa shape index (κ1) is 13.1. The van der Waals surface area contributed by atoms with Crippen molar-refractivity contribution in [3.8, 4) is 0 Å². The SMILES string of the molecule is Cc1ccc2c(=S)n(C3CC(O)=C(CO)O3)ccc2c1. The topological polar surface area (TPSA) is 54.6 Å². The Morgan fingerprint density at radius 2 is 2.20 bits per heavy atom. The molecule has 0 saturated heterocycles. The zero-order valence-corrected chi connectivity index (χ0v) is 11.9. The number of fused-ring (bicyclic) bond motifs is 1. The van der Waals surface area contributed by atoms with Crippen molar-refractivity contribution in [2.75, 3.05) is 6.61 Å². The van der Waals surface area contributed by atoms with Crippen LogP contribution in [0.15, 0.2) is 42.0 Å². The smallest absolute Gasteiger partial charge is 0.183 e. The predicted molar refractivity (Wildman–Crippen MR) is 79.0 cm³/mol. The largest absolute Gasteiger partial charge is 0.508 e. The van der Waals surface area contributed by atoms with E-state index in [0.717, 1.165) is 10.8 Å². The van der Waals surface area contributed by atoms with E-state index >= 15 is 0 Å². The molecule has 5 heteroatoms. The summed E-state index contributed by atoms with van der Waals surface area (Å²) in [5.41, 5.74) is 1.18. The van der Waals surface area contributed by atoms with Crippen molar-refractivity contribution in [2.24, 2.45) is 0 Å². The van der Waals surface area contributed by atoms with Crippen LogP contribution in [0, 0.1) is 11.6 Å². The summed E-state index contributed by atoms with van der Waals surface area (Å²) < 4.78 is 8.02. The number of aromatic nitrogens is 1. The molecule has 20 heavy (non-hydrogen) atoms.